The fourth-order valence-electron chi connectivity index (χ4n) is 1.06. The van der Waals surface area contributed by atoms with E-state index in [2.05, 4.69) is 29.1 Å². The molecule has 1 aromatic heterocycles. The van der Waals surface area contributed by atoms with Crippen LogP contribution in [0.3, 0.4) is 0 Å². The molecule has 3 N–H and O–H groups in total. The van der Waals surface area contributed by atoms with E-state index >= 15 is 0 Å². The highest BCUT2D eigenvalue weighted by molar-refractivity contribution is 5.37. The molecule has 0 fully saturated rings. The minimum Gasteiger partial charge on any atom is -0.383 e. The van der Waals surface area contributed by atoms with Gasteiger partial charge in [-0.25, -0.2) is 9.97 Å². The van der Waals surface area contributed by atoms with Crippen LogP contribution < -0.4 is 11.1 Å². The largest absolute Gasteiger partial charge is 0.383 e. The summed E-state index contributed by atoms with van der Waals surface area (Å²) < 4.78 is 0. The van der Waals surface area contributed by atoms with E-state index in [4.69, 9.17) is 5.73 Å². The lowest BCUT2D eigenvalue weighted by Crippen LogP contribution is -2.09. The molecule has 0 aliphatic carbocycles. The fraction of sp³-hybridized carbons (Fsp3) is 0.600. The van der Waals surface area contributed by atoms with Gasteiger partial charge in [0.1, 0.15) is 5.82 Å². The minimum absolute atomic E-state index is 0.382. The Kier molecular flexibility index (Phi) is 4.32. The summed E-state index contributed by atoms with van der Waals surface area (Å²) in [6.45, 7) is 5.74. The summed E-state index contributed by atoms with van der Waals surface area (Å²) in [5.41, 5.74) is 6.35. The highest BCUT2D eigenvalue weighted by Gasteiger charge is 2.01. The summed E-state index contributed by atoms with van der Waals surface area (Å²) in [5, 5.41) is 3.21. The van der Waals surface area contributed by atoms with Gasteiger partial charge >= 0.3 is 0 Å². The van der Waals surface area contributed by atoms with Crippen molar-refractivity contribution in [2.24, 2.45) is 5.73 Å². The first-order chi connectivity index (χ1) is 6.74. The molecule has 0 saturated carbocycles. The van der Waals surface area contributed by atoms with Crippen molar-refractivity contribution in [1.82, 2.24) is 9.97 Å². The minimum atomic E-state index is 0.382. The normalized spacial score (nSPS) is 10.6. The maximum atomic E-state index is 5.39. The number of aromatic nitrogens is 2. The van der Waals surface area contributed by atoms with Crippen LogP contribution in [-0.2, 0) is 0 Å². The van der Waals surface area contributed by atoms with E-state index in [1.807, 2.05) is 12.4 Å². The van der Waals surface area contributed by atoms with Crippen molar-refractivity contribution >= 4 is 5.69 Å². The molecule has 0 unspecified atom stereocenters. The van der Waals surface area contributed by atoms with Crippen molar-refractivity contribution in [2.45, 2.75) is 26.2 Å². The number of rotatable bonds is 5. The molecule has 4 heteroatoms. The monoisotopic (exact) mass is 194 g/mol. The van der Waals surface area contributed by atoms with Crippen LogP contribution in [-0.4, -0.2) is 23.1 Å². The second-order valence-electron chi connectivity index (χ2n) is 3.55. The van der Waals surface area contributed by atoms with Crippen LogP contribution in [0.25, 0.3) is 0 Å². The zero-order chi connectivity index (χ0) is 10.4. The summed E-state index contributed by atoms with van der Waals surface area (Å²) in [4.78, 5) is 8.50. The van der Waals surface area contributed by atoms with Gasteiger partial charge in [-0.2, -0.15) is 0 Å². The van der Waals surface area contributed by atoms with Crippen molar-refractivity contribution in [3.63, 3.8) is 0 Å². The maximum Gasteiger partial charge on any atom is 0.130 e. The van der Waals surface area contributed by atoms with E-state index < -0.39 is 0 Å². The summed E-state index contributed by atoms with van der Waals surface area (Å²) in [6.07, 6.45) is 4.60. The third-order valence-corrected chi connectivity index (χ3v) is 1.90. The molecule has 14 heavy (non-hydrogen) atoms. The molecular weight excluding hydrogens is 176 g/mol. The zero-order valence-electron chi connectivity index (χ0n) is 8.83. The number of nitrogens with zero attached hydrogens (tertiary/aromatic N) is 2. The van der Waals surface area contributed by atoms with Crippen molar-refractivity contribution in [3.05, 3.63) is 18.2 Å². The van der Waals surface area contributed by atoms with Crippen LogP contribution >= 0.6 is 0 Å². The third-order valence-electron chi connectivity index (χ3n) is 1.90. The molecule has 0 radical (unpaired) electrons. The van der Waals surface area contributed by atoms with Gasteiger partial charge in [0, 0.05) is 12.5 Å². The van der Waals surface area contributed by atoms with E-state index in [0.29, 0.717) is 12.5 Å². The molecule has 0 bridgehead atoms. The van der Waals surface area contributed by atoms with Crippen molar-refractivity contribution in [1.29, 1.82) is 0 Å². The molecule has 1 heterocycles. The average molecular weight is 194 g/mol. The first kappa shape index (κ1) is 10.9. The Morgan fingerprint density at radius 2 is 2.00 bits per heavy atom. The quantitative estimate of drug-likeness (QED) is 0.695. The van der Waals surface area contributed by atoms with E-state index in [1.165, 1.54) is 0 Å². The fourth-order valence-corrected chi connectivity index (χ4v) is 1.06. The number of hydrogen-bond donors (Lipinski definition) is 2. The predicted molar refractivity (Wildman–Crippen MR) is 58.3 cm³/mol. The van der Waals surface area contributed by atoms with Gasteiger partial charge in [-0.1, -0.05) is 13.8 Å². The topological polar surface area (TPSA) is 63.8 Å². The molecule has 0 aliphatic heterocycles. The van der Waals surface area contributed by atoms with Crippen LogP contribution in [0.5, 0.6) is 0 Å². The lowest BCUT2D eigenvalue weighted by Gasteiger charge is -2.06. The third kappa shape index (κ3) is 3.30. The number of nitrogens with two attached hydrogens (primary N) is 1. The lowest BCUT2D eigenvalue weighted by molar-refractivity contribution is 0.773. The summed E-state index contributed by atoms with van der Waals surface area (Å²) >= 11 is 0. The Hall–Kier alpha value is -1.16. The number of nitrogens with one attached hydrogen (secondary N) is 1. The maximum absolute atomic E-state index is 5.39. The Bertz CT molecular complexity index is 255. The smallest absolute Gasteiger partial charge is 0.130 e. The van der Waals surface area contributed by atoms with Gasteiger partial charge in [-0.3, -0.25) is 0 Å². The number of anilines is 1. The SMILES string of the molecule is CC(C)c1ncc(NCCCN)cn1. The Balaban J connectivity index is 2.47. The molecular formula is C10H18N4. The van der Waals surface area contributed by atoms with Gasteiger partial charge in [-0.15, -0.1) is 0 Å². The van der Waals surface area contributed by atoms with E-state index in [-0.39, 0.29) is 0 Å². The van der Waals surface area contributed by atoms with Crippen molar-refractivity contribution in [2.75, 3.05) is 18.4 Å². The van der Waals surface area contributed by atoms with Crippen LogP contribution in [0.2, 0.25) is 0 Å². The van der Waals surface area contributed by atoms with Gasteiger partial charge in [0.15, 0.2) is 0 Å². The van der Waals surface area contributed by atoms with Crippen LogP contribution in [0.4, 0.5) is 5.69 Å². The van der Waals surface area contributed by atoms with Gasteiger partial charge in [0.2, 0.25) is 0 Å². The van der Waals surface area contributed by atoms with Crippen molar-refractivity contribution < 1.29 is 0 Å². The molecule has 0 saturated heterocycles. The molecule has 78 valence electrons. The second-order valence-corrected chi connectivity index (χ2v) is 3.55. The van der Waals surface area contributed by atoms with Gasteiger partial charge in [0.05, 0.1) is 18.1 Å². The molecule has 1 rings (SSSR count). The molecule has 4 nitrogen and oxygen atoms in total. The Morgan fingerprint density at radius 3 is 2.50 bits per heavy atom. The van der Waals surface area contributed by atoms with Gasteiger partial charge in [0.25, 0.3) is 0 Å². The number of hydrogen-bond acceptors (Lipinski definition) is 4. The van der Waals surface area contributed by atoms with E-state index in [0.717, 1.165) is 24.5 Å². The second kappa shape index (κ2) is 5.54. The van der Waals surface area contributed by atoms with Gasteiger partial charge < -0.3 is 11.1 Å². The summed E-state index contributed by atoms with van der Waals surface area (Å²) in [7, 11) is 0. The molecule has 0 amide bonds. The molecule has 0 aromatic carbocycles. The van der Waals surface area contributed by atoms with Crippen molar-refractivity contribution in [3.8, 4) is 0 Å². The van der Waals surface area contributed by atoms with Crippen LogP contribution in [0, 0.1) is 0 Å². The molecule has 1 aromatic rings. The highest BCUT2D eigenvalue weighted by atomic mass is 14.9. The average Bonchev–Trinajstić information content (AvgIpc) is 2.19. The molecule has 0 atom stereocenters. The Labute approximate surface area is 85.0 Å². The van der Waals surface area contributed by atoms with Gasteiger partial charge in [-0.05, 0) is 13.0 Å². The lowest BCUT2D eigenvalue weighted by atomic mass is 10.2. The molecule has 0 aliphatic rings. The van der Waals surface area contributed by atoms with E-state index in [1.54, 1.807) is 0 Å². The molecule has 0 spiro atoms. The first-order valence-corrected chi connectivity index (χ1v) is 5.00. The van der Waals surface area contributed by atoms with Crippen LogP contribution in [0.1, 0.15) is 32.0 Å². The zero-order valence-corrected chi connectivity index (χ0v) is 8.83. The highest BCUT2D eigenvalue weighted by Crippen LogP contribution is 2.09. The summed E-state index contributed by atoms with van der Waals surface area (Å²) in [5.74, 6) is 1.27. The predicted octanol–water partition coefficient (Wildman–Crippen LogP) is 1.36. The Morgan fingerprint density at radius 1 is 1.36 bits per heavy atom. The summed E-state index contributed by atoms with van der Waals surface area (Å²) in [6, 6.07) is 0. The van der Waals surface area contributed by atoms with Crippen LogP contribution in [0.15, 0.2) is 12.4 Å². The van der Waals surface area contributed by atoms with E-state index in [9.17, 15) is 0 Å². The first-order valence-electron chi connectivity index (χ1n) is 5.00. The standard InChI is InChI=1S/C10H18N4/c1-8(2)10-13-6-9(7-14-10)12-5-3-4-11/h6-8,12H,3-5,11H2,1-2H3.